The maximum Gasteiger partial charge on any atom is 0.299 e. The molecule has 3 N–H and O–H groups in total. The van der Waals surface area contributed by atoms with Gasteiger partial charge in [-0.05, 0) is 61.3 Å². The number of benzene rings is 1. The number of hydrogen-bond acceptors (Lipinski definition) is 5. The predicted octanol–water partition coefficient (Wildman–Crippen LogP) is 6.26. The third-order valence-electron chi connectivity index (χ3n) is 5.21. The van der Waals surface area contributed by atoms with Gasteiger partial charge in [-0.3, -0.25) is 4.79 Å². The van der Waals surface area contributed by atoms with Crippen LogP contribution in [0.3, 0.4) is 0 Å². The van der Waals surface area contributed by atoms with Gasteiger partial charge in [-0.2, -0.15) is 0 Å². The molecule has 0 radical (unpaired) electrons. The van der Waals surface area contributed by atoms with Crippen molar-refractivity contribution in [2.75, 3.05) is 6.54 Å². The summed E-state index contributed by atoms with van der Waals surface area (Å²) in [4.78, 5) is 12.3. The highest BCUT2D eigenvalue weighted by molar-refractivity contribution is 7.90. The predicted molar refractivity (Wildman–Crippen MR) is 153 cm³/mol. The minimum absolute atomic E-state index is 0.0177. The average molecular weight is 523 g/mol. The van der Waals surface area contributed by atoms with Crippen molar-refractivity contribution in [2.24, 2.45) is 0 Å². The van der Waals surface area contributed by atoms with Crippen molar-refractivity contribution in [1.82, 2.24) is 10.0 Å². The highest BCUT2D eigenvalue weighted by Crippen LogP contribution is 2.18. The molecule has 0 saturated heterocycles. The Morgan fingerprint density at radius 1 is 1.14 bits per heavy atom. The molecule has 1 aromatic carbocycles. The van der Waals surface area contributed by atoms with Gasteiger partial charge in [0.05, 0.1) is 4.90 Å². The lowest BCUT2D eigenvalue weighted by atomic mass is 10.0. The van der Waals surface area contributed by atoms with E-state index in [1.165, 1.54) is 12.1 Å². The number of aliphatic hydroxyl groups is 1. The van der Waals surface area contributed by atoms with Crippen LogP contribution in [0.15, 0.2) is 125 Å². The number of aliphatic hydroxyl groups excluding tert-OH is 1. The number of allylic oxidation sites excluding steroid dienone is 11. The Balaban J connectivity index is 0.00000334. The molecule has 0 unspecified atom stereocenters. The van der Waals surface area contributed by atoms with Crippen LogP contribution in [0.1, 0.15) is 39.7 Å². The fourth-order valence-corrected chi connectivity index (χ4v) is 4.47. The second-order valence-electron chi connectivity index (χ2n) is 7.71. The van der Waals surface area contributed by atoms with Gasteiger partial charge in [0.1, 0.15) is 0 Å². The molecule has 0 aliphatic heterocycles. The first-order valence-electron chi connectivity index (χ1n) is 12.2. The molecule has 0 fully saturated rings. The zero-order valence-corrected chi connectivity index (χ0v) is 23.1. The highest BCUT2D eigenvalue weighted by Gasteiger charge is 2.21. The van der Waals surface area contributed by atoms with Crippen LogP contribution in [0.4, 0.5) is 0 Å². The van der Waals surface area contributed by atoms with E-state index in [9.17, 15) is 18.3 Å². The maximum absolute atomic E-state index is 12.5. The summed E-state index contributed by atoms with van der Waals surface area (Å²) in [6, 6.07) is 6.30. The molecule has 198 valence electrons. The summed E-state index contributed by atoms with van der Waals surface area (Å²) in [5, 5.41) is 13.5. The summed E-state index contributed by atoms with van der Waals surface area (Å²) in [7, 11) is -4.11. The first-order valence-corrected chi connectivity index (χ1v) is 13.7. The number of carbonyl (C=O) groups excluding carboxylic acids is 1. The van der Waals surface area contributed by atoms with Gasteiger partial charge in [0.2, 0.25) is 0 Å². The third kappa shape index (κ3) is 9.97. The Morgan fingerprint density at radius 3 is 2.46 bits per heavy atom. The number of nitrogens with one attached hydrogen (secondary N) is 2. The second-order valence-corrected chi connectivity index (χ2v) is 9.36. The number of amides is 1. The summed E-state index contributed by atoms with van der Waals surface area (Å²) < 4.78 is 26.9. The first-order chi connectivity index (χ1) is 17.7. The Bertz CT molecular complexity index is 1270. The van der Waals surface area contributed by atoms with Crippen LogP contribution < -0.4 is 10.0 Å². The first kappa shape index (κ1) is 31.2. The van der Waals surface area contributed by atoms with E-state index in [1.807, 2.05) is 55.9 Å². The van der Waals surface area contributed by atoms with Crippen LogP contribution in [-0.4, -0.2) is 26.0 Å². The van der Waals surface area contributed by atoms with E-state index in [0.717, 1.165) is 16.8 Å². The third-order valence-corrected chi connectivity index (χ3v) is 6.70. The molecule has 2 rings (SSSR count). The summed E-state index contributed by atoms with van der Waals surface area (Å²) in [5.41, 5.74) is 4.21. The molecule has 0 heterocycles. The second kappa shape index (κ2) is 16.0. The van der Waals surface area contributed by atoms with E-state index in [1.54, 1.807) is 44.2 Å². The standard InChI is InChI=1S/C28H32N2O4S.C2H6/c1-5-8-13-23(7-3)24-14-11-15-25(18-17-24)29-20-22(6-2)19-26(31)28(32)30-35(33,34)27-16-10-9-12-21(27)4;1-2/h5-14,16-19,29,31H,1,15,20H2,2-4H3,(H,30,32);1-2H3/b13-8-,22-6-,23-7+,26-19-;. The van der Waals surface area contributed by atoms with E-state index >= 15 is 0 Å². The van der Waals surface area contributed by atoms with E-state index in [0.29, 0.717) is 24.1 Å². The van der Waals surface area contributed by atoms with Crippen LogP contribution in [0.5, 0.6) is 0 Å². The molecule has 1 amide bonds. The van der Waals surface area contributed by atoms with Gasteiger partial charge in [-0.25, -0.2) is 13.1 Å². The maximum atomic E-state index is 12.5. The largest absolute Gasteiger partial charge is 0.503 e. The van der Waals surface area contributed by atoms with Crippen LogP contribution in [0.25, 0.3) is 0 Å². The van der Waals surface area contributed by atoms with Gasteiger partial charge in [-0.15, -0.1) is 0 Å². The zero-order valence-electron chi connectivity index (χ0n) is 22.3. The fraction of sp³-hybridized carbons (Fsp3) is 0.233. The zero-order chi connectivity index (χ0) is 27.8. The van der Waals surface area contributed by atoms with Crippen LogP contribution in [0.2, 0.25) is 0 Å². The Morgan fingerprint density at radius 2 is 1.84 bits per heavy atom. The lowest BCUT2D eigenvalue weighted by Crippen LogP contribution is -2.32. The van der Waals surface area contributed by atoms with Crippen LogP contribution >= 0.6 is 0 Å². The lowest BCUT2D eigenvalue weighted by molar-refractivity contribution is -0.118. The van der Waals surface area contributed by atoms with Crippen molar-refractivity contribution in [1.29, 1.82) is 0 Å². The van der Waals surface area contributed by atoms with E-state index in [-0.39, 0.29) is 4.90 Å². The number of rotatable bonds is 10. The summed E-state index contributed by atoms with van der Waals surface area (Å²) in [5.74, 6) is -1.79. The van der Waals surface area contributed by atoms with Gasteiger partial charge < -0.3 is 10.4 Å². The average Bonchev–Trinajstić information content (AvgIpc) is 3.13. The van der Waals surface area contributed by atoms with Crippen molar-refractivity contribution >= 4 is 15.9 Å². The monoisotopic (exact) mass is 522 g/mol. The summed E-state index contributed by atoms with van der Waals surface area (Å²) >= 11 is 0. The molecule has 0 saturated carbocycles. The SMILES string of the molecule is C=C/C=C\C(=C/C)C1=CC=C(NCC(=C\C)/C=C(\O)C(=O)NS(=O)(=O)c2ccccc2C)CC=C1.CC. The number of hydrogen-bond donors (Lipinski definition) is 3. The summed E-state index contributed by atoms with van der Waals surface area (Å²) in [6.07, 6.45) is 19.4. The van der Waals surface area contributed by atoms with E-state index < -0.39 is 21.7 Å². The van der Waals surface area contributed by atoms with Crippen molar-refractivity contribution < 1.29 is 18.3 Å². The molecule has 1 aliphatic carbocycles. The molecule has 7 heteroatoms. The van der Waals surface area contributed by atoms with Gasteiger partial charge in [0.25, 0.3) is 15.9 Å². The fourth-order valence-electron chi connectivity index (χ4n) is 3.26. The van der Waals surface area contributed by atoms with Crippen molar-refractivity contribution in [3.8, 4) is 0 Å². The molecule has 0 spiro atoms. The van der Waals surface area contributed by atoms with E-state index in [4.69, 9.17) is 0 Å². The van der Waals surface area contributed by atoms with Crippen LogP contribution in [-0.2, 0) is 14.8 Å². The smallest absolute Gasteiger partial charge is 0.299 e. The number of carbonyl (C=O) groups is 1. The normalized spacial score (nSPS) is 14.7. The quantitative estimate of drug-likeness (QED) is 0.191. The van der Waals surface area contributed by atoms with Gasteiger partial charge >= 0.3 is 0 Å². The molecule has 6 nitrogen and oxygen atoms in total. The summed E-state index contributed by atoms with van der Waals surface area (Å²) in [6.45, 7) is 13.4. The topological polar surface area (TPSA) is 95.5 Å². The molecular weight excluding hydrogens is 484 g/mol. The van der Waals surface area contributed by atoms with Gasteiger partial charge in [-0.1, -0.05) is 87.2 Å². The van der Waals surface area contributed by atoms with Crippen LogP contribution in [0, 0.1) is 6.92 Å². The Labute approximate surface area is 221 Å². The molecule has 37 heavy (non-hydrogen) atoms. The minimum Gasteiger partial charge on any atom is -0.503 e. The number of sulfonamides is 1. The molecule has 1 aliphatic rings. The molecule has 0 aromatic heterocycles. The number of aryl methyl sites for hydroxylation is 1. The minimum atomic E-state index is -4.11. The molecule has 0 atom stereocenters. The Hall–Kier alpha value is -3.84. The van der Waals surface area contributed by atoms with E-state index in [2.05, 4.69) is 24.0 Å². The van der Waals surface area contributed by atoms with Crippen molar-refractivity contribution in [3.05, 3.63) is 125 Å². The van der Waals surface area contributed by atoms with Gasteiger partial charge in [0, 0.05) is 18.7 Å². The van der Waals surface area contributed by atoms with Gasteiger partial charge in [0.15, 0.2) is 5.76 Å². The molecule has 0 bridgehead atoms. The molecule has 1 aromatic rings. The lowest BCUT2D eigenvalue weighted by Gasteiger charge is -2.11. The molecular formula is C30H38N2O4S. The van der Waals surface area contributed by atoms with Crippen molar-refractivity contribution in [3.63, 3.8) is 0 Å². The Kier molecular flexibility index (Phi) is 13.5. The highest BCUT2D eigenvalue weighted by atomic mass is 32.2. The van der Waals surface area contributed by atoms with Crippen molar-refractivity contribution in [2.45, 2.75) is 45.9 Å².